The predicted molar refractivity (Wildman–Crippen MR) is 85.1 cm³/mol. The molecule has 1 aliphatic heterocycles. The predicted octanol–water partition coefficient (Wildman–Crippen LogP) is 4.68. The van der Waals surface area contributed by atoms with Crippen molar-refractivity contribution in [1.82, 2.24) is 0 Å². The number of anilines is 1. The van der Waals surface area contributed by atoms with Crippen molar-refractivity contribution in [3.05, 3.63) is 62.9 Å². The van der Waals surface area contributed by atoms with E-state index in [9.17, 15) is 9.18 Å². The second-order valence-electron chi connectivity index (χ2n) is 5.44. The fourth-order valence-corrected chi connectivity index (χ4v) is 3.22. The molecule has 0 radical (unpaired) electrons. The topological polar surface area (TPSA) is 29.1 Å². The van der Waals surface area contributed by atoms with E-state index < -0.39 is 0 Å². The molecule has 2 aromatic rings. The zero-order valence-corrected chi connectivity index (χ0v) is 13.4. The van der Waals surface area contributed by atoms with E-state index in [0.717, 1.165) is 26.9 Å². The standard InChI is InChI=1S/C17H15BrFNO/c1-9-3-5-12-13(8-16(21)20-17(12)10(9)2)14-7-11(18)4-6-15(14)19/h3-7,13H,8H2,1-2H3,(H,20,21)/t13-/m1/s1. The Morgan fingerprint density at radius 2 is 1.95 bits per heavy atom. The Balaban J connectivity index is 2.20. The van der Waals surface area contributed by atoms with Crippen LogP contribution in [0.2, 0.25) is 0 Å². The average Bonchev–Trinajstić information content (AvgIpc) is 2.45. The number of fused-ring (bicyclic) bond motifs is 1. The summed E-state index contributed by atoms with van der Waals surface area (Å²) in [4.78, 5) is 12.0. The summed E-state index contributed by atoms with van der Waals surface area (Å²) in [6.07, 6.45) is 0.267. The summed E-state index contributed by atoms with van der Waals surface area (Å²) in [5.74, 6) is -0.590. The highest BCUT2D eigenvalue weighted by Crippen LogP contribution is 2.40. The second-order valence-corrected chi connectivity index (χ2v) is 6.36. The highest BCUT2D eigenvalue weighted by Gasteiger charge is 2.29. The third kappa shape index (κ3) is 2.48. The Hall–Kier alpha value is -1.68. The molecule has 21 heavy (non-hydrogen) atoms. The molecule has 0 saturated heterocycles. The van der Waals surface area contributed by atoms with Crippen molar-refractivity contribution < 1.29 is 9.18 Å². The highest BCUT2D eigenvalue weighted by molar-refractivity contribution is 9.10. The molecule has 4 heteroatoms. The SMILES string of the molecule is Cc1ccc2c(c1C)NC(=O)C[C@H]2c1cc(Br)ccc1F. The molecular weight excluding hydrogens is 333 g/mol. The van der Waals surface area contributed by atoms with Crippen molar-refractivity contribution in [2.24, 2.45) is 0 Å². The Morgan fingerprint density at radius 1 is 1.19 bits per heavy atom. The van der Waals surface area contributed by atoms with E-state index in [-0.39, 0.29) is 24.1 Å². The molecule has 0 spiro atoms. The first-order chi connectivity index (χ1) is 9.97. The average molecular weight is 348 g/mol. The van der Waals surface area contributed by atoms with E-state index >= 15 is 0 Å². The summed E-state index contributed by atoms with van der Waals surface area (Å²) >= 11 is 3.38. The van der Waals surface area contributed by atoms with Gasteiger partial charge in [0.1, 0.15) is 5.82 Å². The molecule has 2 nitrogen and oxygen atoms in total. The molecule has 1 atom stereocenters. The van der Waals surface area contributed by atoms with Crippen molar-refractivity contribution in [1.29, 1.82) is 0 Å². The summed E-state index contributed by atoms with van der Waals surface area (Å²) in [7, 11) is 0. The molecule has 0 saturated carbocycles. The van der Waals surface area contributed by atoms with Crippen LogP contribution in [0.3, 0.4) is 0 Å². The van der Waals surface area contributed by atoms with Crippen LogP contribution in [0.25, 0.3) is 0 Å². The molecule has 1 heterocycles. The van der Waals surface area contributed by atoms with Gasteiger partial charge in [0.2, 0.25) is 5.91 Å². The number of hydrogen-bond acceptors (Lipinski definition) is 1. The van der Waals surface area contributed by atoms with E-state index in [1.165, 1.54) is 6.07 Å². The van der Waals surface area contributed by atoms with Crippen molar-refractivity contribution in [2.45, 2.75) is 26.2 Å². The first-order valence-corrected chi connectivity index (χ1v) is 7.61. The number of amides is 1. The lowest BCUT2D eigenvalue weighted by molar-refractivity contribution is -0.116. The van der Waals surface area contributed by atoms with Crippen molar-refractivity contribution in [3.63, 3.8) is 0 Å². The Bertz CT molecular complexity index is 742. The maximum absolute atomic E-state index is 14.2. The molecule has 0 bridgehead atoms. The number of carbonyl (C=O) groups excluding carboxylic acids is 1. The number of aryl methyl sites for hydroxylation is 1. The van der Waals surface area contributed by atoms with Crippen LogP contribution in [0.15, 0.2) is 34.8 Å². The zero-order chi connectivity index (χ0) is 15.1. The Morgan fingerprint density at radius 3 is 2.71 bits per heavy atom. The number of rotatable bonds is 1. The van der Waals surface area contributed by atoms with Gasteiger partial charge in [0.25, 0.3) is 0 Å². The lowest BCUT2D eigenvalue weighted by Crippen LogP contribution is -2.25. The summed E-state index contributed by atoms with van der Waals surface area (Å²) in [5.41, 5.74) is 4.53. The van der Waals surface area contributed by atoms with Gasteiger partial charge in [-0.15, -0.1) is 0 Å². The van der Waals surface area contributed by atoms with E-state index in [2.05, 4.69) is 21.2 Å². The summed E-state index contributed by atoms with van der Waals surface area (Å²) in [5, 5.41) is 2.93. The van der Waals surface area contributed by atoms with Crippen LogP contribution in [0.1, 0.15) is 34.6 Å². The molecule has 1 amide bonds. The second kappa shape index (κ2) is 5.26. The molecule has 3 rings (SSSR count). The number of carbonyl (C=O) groups is 1. The fraction of sp³-hybridized carbons (Fsp3) is 0.235. The molecule has 0 unspecified atom stereocenters. The van der Waals surface area contributed by atoms with Gasteiger partial charge >= 0.3 is 0 Å². The van der Waals surface area contributed by atoms with E-state index in [1.807, 2.05) is 26.0 Å². The molecular formula is C17H15BrFNO. The smallest absolute Gasteiger partial charge is 0.225 e. The minimum Gasteiger partial charge on any atom is -0.326 e. The van der Waals surface area contributed by atoms with Crippen molar-refractivity contribution >= 4 is 27.5 Å². The van der Waals surface area contributed by atoms with Crippen LogP contribution in [0, 0.1) is 19.7 Å². The molecule has 0 fully saturated rings. The first kappa shape index (κ1) is 14.3. The van der Waals surface area contributed by atoms with Crippen LogP contribution in [-0.4, -0.2) is 5.91 Å². The van der Waals surface area contributed by atoms with Gasteiger partial charge in [-0.2, -0.15) is 0 Å². The fourth-order valence-electron chi connectivity index (χ4n) is 2.84. The van der Waals surface area contributed by atoms with Gasteiger partial charge in [-0.25, -0.2) is 4.39 Å². The van der Waals surface area contributed by atoms with Gasteiger partial charge in [-0.1, -0.05) is 28.1 Å². The van der Waals surface area contributed by atoms with Gasteiger partial charge in [0.15, 0.2) is 0 Å². The lowest BCUT2D eigenvalue weighted by atomic mass is 9.82. The maximum Gasteiger partial charge on any atom is 0.225 e. The van der Waals surface area contributed by atoms with E-state index in [1.54, 1.807) is 12.1 Å². The Kier molecular flexibility index (Phi) is 3.57. The summed E-state index contributed by atoms with van der Waals surface area (Å²) in [6, 6.07) is 8.88. The van der Waals surface area contributed by atoms with Crippen LogP contribution < -0.4 is 5.32 Å². The third-order valence-electron chi connectivity index (χ3n) is 4.13. The molecule has 0 aliphatic carbocycles. The van der Waals surface area contributed by atoms with Crippen LogP contribution >= 0.6 is 15.9 Å². The molecule has 0 aromatic heterocycles. The number of nitrogens with one attached hydrogen (secondary N) is 1. The normalized spacial score (nSPS) is 17.3. The minimum absolute atomic E-state index is 0.0689. The lowest BCUT2D eigenvalue weighted by Gasteiger charge is -2.28. The minimum atomic E-state index is -0.276. The quantitative estimate of drug-likeness (QED) is 0.797. The largest absolute Gasteiger partial charge is 0.326 e. The first-order valence-electron chi connectivity index (χ1n) is 6.82. The zero-order valence-electron chi connectivity index (χ0n) is 11.8. The summed E-state index contributed by atoms with van der Waals surface area (Å²) < 4.78 is 15.0. The molecule has 1 N–H and O–H groups in total. The Labute approximate surface area is 131 Å². The molecule has 2 aromatic carbocycles. The van der Waals surface area contributed by atoms with Gasteiger partial charge in [-0.3, -0.25) is 4.79 Å². The van der Waals surface area contributed by atoms with Gasteiger partial charge < -0.3 is 5.32 Å². The van der Waals surface area contributed by atoms with E-state index in [4.69, 9.17) is 0 Å². The molecule has 108 valence electrons. The van der Waals surface area contributed by atoms with Crippen LogP contribution in [0.4, 0.5) is 10.1 Å². The summed E-state index contributed by atoms with van der Waals surface area (Å²) in [6.45, 7) is 3.99. The van der Waals surface area contributed by atoms with Crippen molar-refractivity contribution in [3.8, 4) is 0 Å². The van der Waals surface area contributed by atoms with Crippen molar-refractivity contribution in [2.75, 3.05) is 5.32 Å². The van der Waals surface area contributed by atoms with Gasteiger partial charge in [-0.05, 0) is 54.3 Å². The number of hydrogen-bond donors (Lipinski definition) is 1. The van der Waals surface area contributed by atoms with Crippen LogP contribution in [0.5, 0.6) is 0 Å². The molecule has 1 aliphatic rings. The van der Waals surface area contributed by atoms with Gasteiger partial charge in [0, 0.05) is 22.5 Å². The highest BCUT2D eigenvalue weighted by atomic mass is 79.9. The maximum atomic E-state index is 14.2. The third-order valence-corrected chi connectivity index (χ3v) is 4.62. The van der Waals surface area contributed by atoms with E-state index in [0.29, 0.717) is 5.56 Å². The monoisotopic (exact) mass is 347 g/mol. The van der Waals surface area contributed by atoms with Crippen LogP contribution in [-0.2, 0) is 4.79 Å². The number of halogens is 2. The number of benzene rings is 2. The van der Waals surface area contributed by atoms with Gasteiger partial charge in [0.05, 0.1) is 0 Å².